The van der Waals surface area contributed by atoms with Crippen molar-refractivity contribution in [2.45, 2.75) is 46.1 Å². The van der Waals surface area contributed by atoms with Gasteiger partial charge in [-0.2, -0.15) is 0 Å². The van der Waals surface area contributed by atoms with Crippen molar-refractivity contribution in [3.05, 3.63) is 89.0 Å². The fraction of sp³-hybridized carbons (Fsp3) is 0.312. The summed E-state index contributed by atoms with van der Waals surface area (Å²) in [6.45, 7) is 7.00. The maximum Gasteiger partial charge on any atom is 0.300 e. The fourth-order valence-electron chi connectivity index (χ4n) is 4.73. The molecule has 7 heteroatoms. The van der Waals surface area contributed by atoms with Crippen LogP contribution in [0.25, 0.3) is 5.76 Å². The van der Waals surface area contributed by atoms with E-state index in [9.17, 15) is 14.7 Å². The second-order valence-electron chi connectivity index (χ2n) is 9.43. The largest absolute Gasteiger partial charge is 0.507 e. The summed E-state index contributed by atoms with van der Waals surface area (Å²) in [5, 5.41) is 11.4. The monoisotopic (exact) mass is 529 g/mol. The van der Waals surface area contributed by atoms with Crippen LogP contribution in [0.1, 0.15) is 55.8 Å². The zero-order chi connectivity index (χ0) is 27.9. The molecule has 1 atom stereocenters. The maximum absolute atomic E-state index is 13.5. The van der Waals surface area contributed by atoms with Crippen molar-refractivity contribution in [2.75, 3.05) is 25.2 Å². The second-order valence-corrected chi connectivity index (χ2v) is 9.43. The fourth-order valence-corrected chi connectivity index (χ4v) is 4.73. The summed E-state index contributed by atoms with van der Waals surface area (Å²) in [7, 11) is 1.53. The molecule has 3 aromatic rings. The van der Waals surface area contributed by atoms with Crippen LogP contribution in [0, 0.1) is 6.92 Å². The van der Waals surface area contributed by atoms with Gasteiger partial charge in [0, 0.05) is 11.3 Å². The van der Waals surface area contributed by atoms with Crippen molar-refractivity contribution < 1.29 is 28.9 Å². The van der Waals surface area contributed by atoms with E-state index in [1.807, 2.05) is 32.0 Å². The molecule has 0 bridgehead atoms. The van der Waals surface area contributed by atoms with Crippen molar-refractivity contribution in [2.24, 2.45) is 0 Å². The Balaban J connectivity index is 1.80. The minimum Gasteiger partial charge on any atom is -0.507 e. The predicted octanol–water partition coefficient (Wildman–Crippen LogP) is 6.60. The summed E-state index contributed by atoms with van der Waals surface area (Å²) in [6.07, 6.45) is 3.17. The molecule has 1 heterocycles. The first-order chi connectivity index (χ1) is 18.9. The van der Waals surface area contributed by atoms with E-state index in [1.165, 1.54) is 12.0 Å². The molecular formula is C32H35NO6. The van der Waals surface area contributed by atoms with Gasteiger partial charge in [-0.3, -0.25) is 14.5 Å². The molecule has 0 aliphatic carbocycles. The number of carbonyl (C=O) groups is 2. The van der Waals surface area contributed by atoms with E-state index in [0.29, 0.717) is 47.3 Å². The number of ketones is 1. The minimum atomic E-state index is -0.874. The summed E-state index contributed by atoms with van der Waals surface area (Å²) in [6, 6.07) is 18.7. The van der Waals surface area contributed by atoms with Crippen LogP contribution in [0.15, 0.2) is 72.3 Å². The molecule has 1 fully saturated rings. The smallest absolute Gasteiger partial charge is 0.300 e. The van der Waals surface area contributed by atoms with E-state index >= 15 is 0 Å². The van der Waals surface area contributed by atoms with Gasteiger partial charge in [-0.15, -0.1) is 0 Å². The number of aliphatic hydroxyl groups excluding tert-OH is 1. The highest BCUT2D eigenvalue weighted by molar-refractivity contribution is 6.51. The van der Waals surface area contributed by atoms with Gasteiger partial charge in [0.2, 0.25) is 0 Å². The molecule has 1 saturated heterocycles. The molecule has 3 aromatic carbocycles. The van der Waals surface area contributed by atoms with Gasteiger partial charge in [0.25, 0.3) is 11.7 Å². The van der Waals surface area contributed by atoms with Gasteiger partial charge in [0.15, 0.2) is 11.5 Å². The third kappa shape index (κ3) is 5.93. The highest BCUT2D eigenvalue weighted by Crippen LogP contribution is 2.44. The molecule has 1 unspecified atom stereocenters. The first-order valence-electron chi connectivity index (χ1n) is 13.3. The molecule has 0 saturated carbocycles. The summed E-state index contributed by atoms with van der Waals surface area (Å²) >= 11 is 0. The van der Waals surface area contributed by atoms with Crippen LogP contribution in [-0.2, 0) is 9.59 Å². The topological polar surface area (TPSA) is 85.3 Å². The molecule has 0 aromatic heterocycles. The number of methoxy groups -OCH3 is 1. The van der Waals surface area contributed by atoms with Crippen molar-refractivity contribution in [1.29, 1.82) is 0 Å². The van der Waals surface area contributed by atoms with Crippen molar-refractivity contribution in [3.8, 4) is 17.2 Å². The first-order valence-corrected chi connectivity index (χ1v) is 13.3. The number of aryl methyl sites for hydroxylation is 1. The Morgan fingerprint density at radius 1 is 0.923 bits per heavy atom. The summed E-state index contributed by atoms with van der Waals surface area (Å²) in [5.74, 6) is -0.0308. The molecule has 1 aliphatic heterocycles. The van der Waals surface area contributed by atoms with E-state index in [2.05, 4.69) is 6.92 Å². The number of hydrogen-bond donors (Lipinski definition) is 1. The number of Topliss-reactive ketones (excluding diaryl/α,β-unsaturated/α-hetero) is 1. The molecule has 39 heavy (non-hydrogen) atoms. The molecule has 0 radical (unpaired) electrons. The summed E-state index contributed by atoms with van der Waals surface area (Å²) in [5.41, 5.74) is 2.52. The Hall–Kier alpha value is -4.26. The van der Waals surface area contributed by atoms with Gasteiger partial charge >= 0.3 is 0 Å². The van der Waals surface area contributed by atoms with Crippen LogP contribution in [0.4, 0.5) is 5.69 Å². The number of unbranched alkanes of at least 4 members (excludes halogenated alkanes) is 2. The molecule has 0 spiro atoms. The number of ether oxygens (including phenoxy) is 3. The third-order valence-electron chi connectivity index (χ3n) is 6.67. The van der Waals surface area contributed by atoms with Gasteiger partial charge < -0.3 is 19.3 Å². The van der Waals surface area contributed by atoms with Crippen LogP contribution in [-0.4, -0.2) is 37.1 Å². The lowest BCUT2D eigenvalue weighted by molar-refractivity contribution is -0.132. The molecule has 4 rings (SSSR count). The first kappa shape index (κ1) is 27.8. The van der Waals surface area contributed by atoms with Gasteiger partial charge in [0.05, 0.1) is 31.9 Å². The lowest BCUT2D eigenvalue weighted by Gasteiger charge is -2.26. The van der Waals surface area contributed by atoms with Crippen LogP contribution in [0.5, 0.6) is 17.2 Å². The van der Waals surface area contributed by atoms with Gasteiger partial charge in [-0.1, -0.05) is 38.0 Å². The van der Waals surface area contributed by atoms with Crippen LogP contribution in [0.2, 0.25) is 0 Å². The zero-order valence-corrected chi connectivity index (χ0v) is 22.9. The number of amides is 1. The summed E-state index contributed by atoms with van der Waals surface area (Å²) in [4.78, 5) is 28.4. The SMILES string of the molecule is CCCCCOc1ccc(/C(O)=C2/C(=O)C(=O)N(c3cccc(C)c3)C2c2ccc(OCC)c(OC)c2)cc1. The average molecular weight is 530 g/mol. The number of aliphatic hydroxyl groups is 1. The third-order valence-corrected chi connectivity index (χ3v) is 6.67. The highest BCUT2D eigenvalue weighted by Gasteiger charge is 2.47. The zero-order valence-electron chi connectivity index (χ0n) is 22.9. The molecule has 7 nitrogen and oxygen atoms in total. The van der Waals surface area contributed by atoms with Gasteiger partial charge in [-0.25, -0.2) is 0 Å². The molecular weight excluding hydrogens is 494 g/mol. The number of carbonyl (C=O) groups excluding carboxylic acids is 2. The Bertz CT molecular complexity index is 1360. The Labute approximate surface area is 229 Å². The Morgan fingerprint density at radius 2 is 1.69 bits per heavy atom. The Kier molecular flexibility index (Phi) is 8.92. The Morgan fingerprint density at radius 3 is 2.36 bits per heavy atom. The number of anilines is 1. The quantitative estimate of drug-likeness (QED) is 0.130. The van der Waals surface area contributed by atoms with E-state index in [1.54, 1.807) is 48.5 Å². The van der Waals surface area contributed by atoms with E-state index in [4.69, 9.17) is 14.2 Å². The van der Waals surface area contributed by atoms with Crippen LogP contribution < -0.4 is 19.1 Å². The molecule has 204 valence electrons. The van der Waals surface area contributed by atoms with E-state index in [-0.39, 0.29) is 11.3 Å². The van der Waals surface area contributed by atoms with Crippen molar-refractivity contribution >= 4 is 23.1 Å². The number of benzene rings is 3. The minimum absolute atomic E-state index is 0.00401. The van der Waals surface area contributed by atoms with Gasteiger partial charge in [-0.05, 0) is 79.9 Å². The predicted molar refractivity (Wildman–Crippen MR) is 152 cm³/mol. The lowest BCUT2D eigenvalue weighted by atomic mass is 9.94. The molecule has 1 amide bonds. The van der Waals surface area contributed by atoms with Crippen LogP contribution in [0.3, 0.4) is 0 Å². The number of rotatable bonds is 11. The maximum atomic E-state index is 13.5. The lowest BCUT2D eigenvalue weighted by Crippen LogP contribution is -2.29. The highest BCUT2D eigenvalue weighted by atomic mass is 16.5. The summed E-state index contributed by atoms with van der Waals surface area (Å²) < 4.78 is 17.0. The normalized spacial score (nSPS) is 16.4. The number of hydrogen-bond acceptors (Lipinski definition) is 6. The van der Waals surface area contributed by atoms with E-state index < -0.39 is 17.7 Å². The second kappa shape index (κ2) is 12.5. The van der Waals surface area contributed by atoms with E-state index in [0.717, 1.165) is 24.8 Å². The van der Waals surface area contributed by atoms with Crippen molar-refractivity contribution in [3.63, 3.8) is 0 Å². The van der Waals surface area contributed by atoms with Crippen molar-refractivity contribution in [1.82, 2.24) is 0 Å². The standard InChI is InChI=1S/C32H35NO6/c1-5-7-8-18-39-25-15-12-22(13-16-25)30(34)28-29(23-14-17-26(38-6-2)27(20-23)37-4)33(32(36)31(28)35)24-11-9-10-21(3)19-24/h9-17,19-20,29,34H,5-8,18H2,1-4H3/b30-28-. The molecule has 1 aliphatic rings. The van der Waals surface area contributed by atoms with Crippen LogP contribution >= 0.6 is 0 Å². The average Bonchev–Trinajstić information content (AvgIpc) is 3.21. The molecule has 1 N–H and O–H groups in total. The number of nitrogens with zero attached hydrogens (tertiary/aromatic N) is 1. The van der Waals surface area contributed by atoms with Gasteiger partial charge in [0.1, 0.15) is 11.5 Å².